The van der Waals surface area contributed by atoms with Crippen molar-refractivity contribution >= 4 is 5.78 Å². The minimum Gasteiger partial charge on any atom is -0.493 e. The van der Waals surface area contributed by atoms with Crippen molar-refractivity contribution in [3.63, 3.8) is 0 Å². The number of Topliss-reactive ketones (excluding diaryl/α,β-unsaturated/α-hetero) is 1. The highest BCUT2D eigenvalue weighted by Crippen LogP contribution is 2.54. The molecular weight excluding hydrogens is 360 g/mol. The lowest BCUT2D eigenvalue weighted by Crippen LogP contribution is -2.29. The Bertz CT molecular complexity index is 877. The van der Waals surface area contributed by atoms with E-state index in [0.29, 0.717) is 28.6 Å². The SMILES string of the molecule is COc1ccc(C(=O)C(C)C2(c3ccc(OC)c(OC)c3)OC2C)cc1OC. The molecule has 2 aromatic rings. The first-order chi connectivity index (χ1) is 13.4. The predicted octanol–water partition coefficient (Wildman–Crippen LogP) is 3.85. The summed E-state index contributed by atoms with van der Waals surface area (Å²) in [4.78, 5) is 13.3. The zero-order valence-corrected chi connectivity index (χ0v) is 17.1. The van der Waals surface area contributed by atoms with Crippen molar-refractivity contribution in [3.8, 4) is 23.0 Å². The molecule has 0 aromatic heterocycles. The minimum absolute atomic E-state index is 0.0277. The summed E-state index contributed by atoms with van der Waals surface area (Å²) in [7, 11) is 6.29. The number of benzene rings is 2. The number of hydrogen-bond donors (Lipinski definition) is 0. The molecule has 3 rings (SSSR count). The Balaban J connectivity index is 1.96. The molecule has 1 aliphatic rings. The lowest BCUT2D eigenvalue weighted by Gasteiger charge is -2.22. The van der Waals surface area contributed by atoms with Gasteiger partial charge in [-0.25, -0.2) is 0 Å². The maximum Gasteiger partial charge on any atom is 0.169 e. The third-order valence-corrected chi connectivity index (χ3v) is 5.46. The average Bonchev–Trinajstić information content (AvgIpc) is 3.43. The van der Waals surface area contributed by atoms with Gasteiger partial charge in [0, 0.05) is 5.56 Å². The molecule has 6 nitrogen and oxygen atoms in total. The van der Waals surface area contributed by atoms with Crippen LogP contribution in [0.1, 0.15) is 29.8 Å². The molecule has 0 radical (unpaired) electrons. The number of ketones is 1. The van der Waals surface area contributed by atoms with Gasteiger partial charge in [-0.2, -0.15) is 0 Å². The zero-order valence-electron chi connectivity index (χ0n) is 17.1. The number of carbonyl (C=O) groups excluding carboxylic acids is 1. The topological polar surface area (TPSA) is 66.5 Å². The van der Waals surface area contributed by atoms with Crippen LogP contribution >= 0.6 is 0 Å². The highest BCUT2D eigenvalue weighted by atomic mass is 16.6. The first kappa shape index (κ1) is 20.0. The van der Waals surface area contributed by atoms with Crippen molar-refractivity contribution in [1.82, 2.24) is 0 Å². The van der Waals surface area contributed by atoms with Crippen molar-refractivity contribution in [1.29, 1.82) is 0 Å². The van der Waals surface area contributed by atoms with Gasteiger partial charge in [0.25, 0.3) is 0 Å². The fourth-order valence-electron chi connectivity index (χ4n) is 3.78. The normalized spacial score (nSPS) is 21.6. The number of methoxy groups -OCH3 is 4. The molecule has 1 aliphatic heterocycles. The molecular formula is C22H26O6. The van der Waals surface area contributed by atoms with Gasteiger partial charge in [0.1, 0.15) is 5.60 Å². The summed E-state index contributed by atoms with van der Waals surface area (Å²) in [6.07, 6.45) is -0.0929. The third kappa shape index (κ3) is 3.18. The van der Waals surface area contributed by atoms with E-state index in [9.17, 15) is 4.79 Å². The van der Waals surface area contributed by atoms with E-state index >= 15 is 0 Å². The number of hydrogen-bond acceptors (Lipinski definition) is 6. The fourth-order valence-corrected chi connectivity index (χ4v) is 3.78. The first-order valence-corrected chi connectivity index (χ1v) is 9.09. The molecule has 0 bridgehead atoms. The monoisotopic (exact) mass is 386 g/mol. The van der Waals surface area contributed by atoms with Crippen LogP contribution in [0.25, 0.3) is 0 Å². The van der Waals surface area contributed by atoms with Gasteiger partial charge in [-0.15, -0.1) is 0 Å². The van der Waals surface area contributed by atoms with Crippen LogP contribution in [-0.4, -0.2) is 40.3 Å². The van der Waals surface area contributed by atoms with Gasteiger partial charge in [0.05, 0.1) is 40.5 Å². The van der Waals surface area contributed by atoms with Gasteiger partial charge in [-0.3, -0.25) is 4.79 Å². The maximum atomic E-state index is 13.3. The van der Waals surface area contributed by atoms with E-state index in [1.54, 1.807) is 46.6 Å². The predicted molar refractivity (Wildman–Crippen MR) is 105 cm³/mol. The largest absolute Gasteiger partial charge is 0.493 e. The number of ether oxygens (including phenoxy) is 5. The standard InChI is InChI=1S/C22H26O6/c1-13(21(23)15-7-9-17(24-3)19(11-15)26-5)22(14(2)28-22)16-8-10-18(25-4)20(12-16)27-6/h7-14H,1-6H3. The molecule has 2 aromatic carbocycles. The van der Waals surface area contributed by atoms with Gasteiger partial charge >= 0.3 is 0 Å². The Morgan fingerprint density at radius 1 is 0.893 bits per heavy atom. The number of carbonyl (C=O) groups is 1. The van der Waals surface area contributed by atoms with Crippen molar-refractivity contribution in [2.24, 2.45) is 5.92 Å². The minimum atomic E-state index is -0.705. The third-order valence-electron chi connectivity index (χ3n) is 5.46. The average molecular weight is 386 g/mol. The van der Waals surface area contributed by atoms with Crippen molar-refractivity contribution < 1.29 is 28.5 Å². The molecule has 3 unspecified atom stereocenters. The second-order valence-corrected chi connectivity index (χ2v) is 6.78. The van der Waals surface area contributed by atoms with Crippen LogP contribution < -0.4 is 18.9 Å². The summed E-state index contributed by atoms with van der Waals surface area (Å²) in [5, 5.41) is 0. The summed E-state index contributed by atoms with van der Waals surface area (Å²) in [6.45, 7) is 3.86. The van der Waals surface area contributed by atoms with E-state index in [1.807, 2.05) is 32.0 Å². The summed E-state index contributed by atoms with van der Waals surface area (Å²) in [5.74, 6) is 1.91. The molecule has 0 aliphatic carbocycles. The molecule has 1 saturated heterocycles. The molecule has 6 heteroatoms. The lowest BCUT2D eigenvalue weighted by molar-refractivity contribution is 0.0850. The molecule has 1 heterocycles. The van der Waals surface area contributed by atoms with E-state index in [-0.39, 0.29) is 11.9 Å². The molecule has 0 N–H and O–H groups in total. The fraction of sp³-hybridized carbons (Fsp3) is 0.409. The second kappa shape index (κ2) is 7.72. The molecule has 0 spiro atoms. The van der Waals surface area contributed by atoms with Crippen LogP contribution in [0.4, 0.5) is 0 Å². The zero-order chi connectivity index (χ0) is 20.5. The summed E-state index contributed by atoms with van der Waals surface area (Å²) < 4.78 is 27.3. The van der Waals surface area contributed by atoms with Crippen LogP contribution in [0.3, 0.4) is 0 Å². The molecule has 0 saturated carbocycles. The van der Waals surface area contributed by atoms with Crippen LogP contribution in [0.5, 0.6) is 23.0 Å². The Kier molecular flexibility index (Phi) is 5.52. The van der Waals surface area contributed by atoms with Gasteiger partial charge in [-0.05, 0) is 42.8 Å². The highest BCUT2D eigenvalue weighted by Gasteiger charge is 2.60. The Morgan fingerprint density at radius 3 is 1.89 bits per heavy atom. The Labute approximate surface area is 165 Å². The van der Waals surface area contributed by atoms with Gasteiger partial charge in [-0.1, -0.05) is 13.0 Å². The molecule has 0 amide bonds. The quantitative estimate of drug-likeness (QED) is 0.507. The van der Waals surface area contributed by atoms with E-state index in [1.165, 1.54) is 0 Å². The molecule has 3 atom stereocenters. The van der Waals surface area contributed by atoms with Crippen molar-refractivity contribution in [3.05, 3.63) is 47.5 Å². The molecule has 150 valence electrons. The van der Waals surface area contributed by atoms with Crippen LogP contribution in [0.15, 0.2) is 36.4 Å². The number of epoxide rings is 1. The first-order valence-electron chi connectivity index (χ1n) is 9.09. The van der Waals surface area contributed by atoms with Crippen molar-refractivity contribution in [2.45, 2.75) is 25.6 Å². The van der Waals surface area contributed by atoms with E-state index in [0.717, 1.165) is 5.56 Å². The summed E-state index contributed by atoms with van der Waals surface area (Å²) in [5.41, 5.74) is 0.732. The highest BCUT2D eigenvalue weighted by molar-refractivity contribution is 5.99. The Morgan fingerprint density at radius 2 is 1.39 bits per heavy atom. The summed E-state index contributed by atoms with van der Waals surface area (Å²) >= 11 is 0. The van der Waals surface area contributed by atoms with Crippen LogP contribution in [0, 0.1) is 5.92 Å². The van der Waals surface area contributed by atoms with Gasteiger partial charge in [0.2, 0.25) is 0 Å². The number of rotatable bonds is 8. The van der Waals surface area contributed by atoms with Gasteiger partial charge < -0.3 is 23.7 Å². The summed E-state index contributed by atoms with van der Waals surface area (Å²) in [6, 6.07) is 10.8. The van der Waals surface area contributed by atoms with E-state index < -0.39 is 11.5 Å². The Hall–Kier alpha value is -2.73. The smallest absolute Gasteiger partial charge is 0.169 e. The molecule has 28 heavy (non-hydrogen) atoms. The molecule has 1 fully saturated rings. The van der Waals surface area contributed by atoms with E-state index in [2.05, 4.69) is 0 Å². The van der Waals surface area contributed by atoms with Crippen LogP contribution in [0.2, 0.25) is 0 Å². The maximum absolute atomic E-state index is 13.3. The van der Waals surface area contributed by atoms with Crippen LogP contribution in [-0.2, 0) is 10.3 Å². The van der Waals surface area contributed by atoms with Gasteiger partial charge in [0.15, 0.2) is 28.8 Å². The van der Waals surface area contributed by atoms with Crippen molar-refractivity contribution in [2.75, 3.05) is 28.4 Å². The lowest BCUT2D eigenvalue weighted by atomic mass is 9.80. The van der Waals surface area contributed by atoms with E-state index in [4.69, 9.17) is 23.7 Å². The second-order valence-electron chi connectivity index (χ2n) is 6.78.